The maximum absolute atomic E-state index is 12.6. The van der Waals surface area contributed by atoms with Crippen LogP contribution in [-0.4, -0.2) is 44.3 Å². The minimum Gasteiger partial charge on any atom is -0.351 e. The number of carbonyl (C=O) groups excluding carboxylic acids is 1. The van der Waals surface area contributed by atoms with Crippen LogP contribution in [0.4, 0.5) is 5.82 Å². The molecule has 1 amide bonds. The Bertz CT molecular complexity index is 862. The van der Waals surface area contributed by atoms with Crippen LogP contribution in [0.3, 0.4) is 0 Å². The van der Waals surface area contributed by atoms with Crippen molar-refractivity contribution in [2.75, 3.05) is 11.4 Å². The summed E-state index contributed by atoms with van der Waals surface area (Å²) in [6.45, 7) is 7.12. The average molecular weight is 397 g/mol. The lowest BCUT2D eigenvalue weighted by Crippen LogP contribution is -2.46. The molecular formula is C22H32N6O. The second-order valence-corrected chi connectivity index (χ2v) is 8.79. The topological polar surface area (TPSA) is 75.9 Å². The van der Waals surface area contributed by atoms with Crippen molar-refractivity contribution in [2.24, 2.45) is 13.0 Å². The van der Waals surface area contributed by atoms with E-state index in [1.807, 2.05) is 13.1 Å². The van der Waals surface area contributed by atoms with Gasteiger partial charge in [0.25, 0.3) is 5.91 Å². The molecule has 2 aromatic rings. The van der Waals surface area contributed by atoms with Crippen LogP contribution in [0.15, 0.2) is 18.5 Å². The van der Waals surface area contributed by atoms with Crippen LogP contribution in [-0.2, 0) is 13.5 Å². The van der Waals surface area contributed by atoms with Gasteiger partial charge in [0, 0.05) is 37.4 Å². The van der Waals surface area contributed by atoms with E-state index in [0.29, 0.717) is 29.6 Å². The summed E-state index contributed by atoms with van der Waals surface area (Å²) < 4.78 is 1.68. The lowest BCUT2D eigenvalue weighted by atomic mass is 9.90. The van der Waals surface area contributed by atoms with Gasteiger partial charge in [-0.25, -0.2) is 9.97 Å². The van der Waals surface area contributed by atoms with Gasteiger partial charge in [-0.3, -0.25) is 9.48 Å². The maximum Gasteiger partial charge on any atom is 0.269 e. The van der Waals surface area contributed by atoms with Gasteiger partial charge >= 0.3 is 0 Å². The van der Waals surface area contributed by atoms with Crippen LogP contribution in [0.2, 0.25) is 0 Å². The predicted octanol–water partition coefficient (Wildman–Crippen LogP) is 3.07. The number of piperidine rings is 1. The molecule has 2 fully saturated rings. The van der Waals surface area contributed by atoms with Crippen LogP contribution in [0.1, 0.15) is 74.2 Å². The molecule has 7 heteroatoms. The van der Waals surface area contributed by atoms with Crippen molar-refractivity contribution in [3.05, 3.63) is 35.5 Å². The van der Waals surface area contributed by atoms with Crippen molar-refractivity contribution in [3.8, 4) is 0 Å². The number of anilines is 1. The summed E-state index contributed by atoms with van der Waals surface area (Å²) in [6, 6.07) is 5.07. The summed E-state index contributed by atoms with van der Waals surface area (Å²) in [4.78, 5) is 24.1. The summed E-state index contributed by atoms with van der Waals surface area (Å²) in [7, 11) is 1.83. The number of nitrogens with one attached hydrogen (secondary N) is 1. The average Bonchev–Trinajstić information content (AvgIpc) is 3.23. The highest BCUT2D eigenvalue weighted by Crippen LogP contribution is 2.41. The molecule has 3 atom stereocenters. The zero-order valence-electron chi connectivity index (χ0n) is 17.9. The van der Waals surface area contributed by atoms with Crippen LogP contribution < -0.4 is 10.2 Å². The normalized spacial score (nSPS) is 23.6. The molecule has 2 saturated heterocycles. The Balaban J connectivity index is 1.38. The number of nitrogens with zero attached hydrogens (tertiary/aromatic N) is 5. The fourth-order valence-electron chi connectivity index (χ4n) is 4.89. The molecule has 2 aliphatic rings. The fourth-order valence-corrected chi connectivity index (χ4v) is 4.89. The molecule has 1 unspecified atom stereocenters. The van der Waals surface area contributed by atoms with Crippen molar-refractivity contribution in [2.45, 2.75) is 70.9 Å². The SMILES string of the molecule is CCc1cc(C(=O)NCC2C[C@H]3CC[C@@H](C2)N3c2cc(C(C)C)ncn2)n(C)n1. The first kappa shape index (κ1) is 19.9. The van der Waals surface area contributed by atoms with Gasteiger partial charge in [-0.1, -0.05) is 20.8 Å². The molecule has 0 saturated carbocycles. The Labute approximate surface area is 172 Å². The molecule has 0 spiro atoms. The molecule has 0 radical (unpaired) electrons. The fraction of sp³-hybridized carbons (Fsp3) is 0.636. The molecule has 156 valence electrons. The first-order valence-corrected chi connectivity index (χ1v) is 10.9. The van der Waals surface area contributed by atoms with Crippen molar-refractivity contribution in [3.63, 3.8) is 0 Å². The first-order chi connectivity index (χ1) is 14.0. The second-order valence-electron chi connectivity index (χ2n) is 8.79. The standard InChI is InChI=1S/C22H32N6O/c1-5-16-10-20(27(4)26-16)22(29)23-12-15-8-17-6-7-18(9-15)28(17)21-11-19(14(2)3)24-13-25-21/h10-11,13-15,17-18H,5-9,12H2,1-4H3,(H,23,29)/t15?,17-,18+. The third-order valence-corrected chi connectivity index (χ3v) is 6.44. The Morgan fingerprint density at radius 1 is 1.21 bits per heavy atom. The number of aromatic nitrogens is 4. The van der Waals surface area contributed by atoms with Crippen molar-refractivity contribution < 1.29 is 4.79 Å². The van der Waals surface area contributed by atoms with Gasteiger partial charge in [0.15, 0.2) is 0 Å². The molecule has 2 bridgehead atoms. The molecule has 0 aliphatic carbocycles. The van der Waals surface area contributed by atoms with E-state index in [9.17, 15) is 4.79 Å². The predicted molar refractivity (Wildman–Crippen MR) is 113 cm³/mol. The van der Waals surface area contributed by atoms with E-state index in [-0.39, 0.29) is 5.91 Å². The van der Waals surface area contributed by atoms with Gasteiger partial charge in [0.05, 0.1) is 5.69 Å². The van der Waals surface area contributed by atoms with Crippen LogP contribution in [0.5, 0.6) is 0 Å². The van der Waals surface area contributed by atoms with E-state index in [1.54, 1.807) is 11.0 Å². The number of fused-ring (bicyclic) bond motifs is 2. The zero-order valence-corrected chi connectivity index (χ0v) is 17.9. The largest absolute Gasteiger partial charge is 0.351 e. The summed E-state index contributed by atoms with van der Waals surface area (Å²) in [6.07, 6.45) is 7.15. The number of aryl methyl sites for hydroxylation is 2. The van der Waals surface area contributed by atoms with Crippen molar-refractivity contribution in [1.82, 2.24) is 25.1 Å². The van der Waals surface area contributed by atoms with E-state index < -0.39 is 0 Å². The summed E-state index contributed by atoms with van der Waals surface area (Å²) in [5.41, 5.74) is 2.70. The summed E-state index contributed by atoms with van der Waals surface area (Å²) >= 11 is 0. The Morgan fingerprint density at radius 2 is 1.93 bits per heavy atom. The van der Waals surface area contributed by atoms with Gasteiger partial charge < -0.3 is 10.2 Å². The minimum absolute atomic E-state index is 0.0214. The third-order valence-electron chi connectivity index (χ3n) is 6.44. The quantitative estimate of drug-likeness (QED) is 0.812. The molecule has 0 aromatic carbocycles. The van der Waals surface area contributed by atoms with Gasteiger partial charge in [-0.15, -0.1) is 0 Å². The number of hydrogen-bond acceptors (Lipinski definition) is 5. The highest BCUT2D eigenvalue weighted by molar-refractivity contribution is 5.92. The summed E-state index contributed by atoms with van der Waals surface area (Å²) in [5, 5.41) is 7.53. The lowest BCUT2D eigenvalue weighted by molar-refractivity contribution is 0.0933. The number of rotatable bonds is 6. The smallest absolute Gasteiger partial charge is 0.269 e. The zero-order chi connectivity index (χ0) is 20.5. The monoisotopic (exact) mass is 396 g/mol. The second kappa shape index (κ2) is 8.13. The maximum atomic E-state index is 12.6. The first-order valence-electron chi connectivity index (χ1n) is 10.9. The molecule has 4 rings (SSSR count). The molecular weight excluding hydrogens is 364 g/mol. The van der Waals surface area contributed by atoms with Crippen molar-refractivity contribution >= 4 is 11.7 Å². The molecule has 7 nitrogen and oxygen atoms in total. The Kier molecular flexibility index (Phi) is 5.56. The van der Waals surface area contributed by atoms with Crippen LogP contribution >= 0.6 is 0 Å². The minimum atomic E-state index is -0.0214. The lowest BCUT2D eigenvalue weighted by Gasteiger charge is -2.40. The number of hydrogen-bond donors (Lipinski definition) is 1. The summed E-state index contributed by atoms with van der Waals surface area (Å²) in [5.74, 6) is 1.97. The molecule has 29 heavy (non-hydrogen) atoms. The van der Waals surface area contributed by atoms with Gasteiger partial charge in [0.2, 0.25) is 0 Å². The molecule has 2 aromatic heterocycles. The molecule has 1 N–H and O–H groups in total. The Morgan fingerprint density at radius 3 is 2.55 bits per heavy atom. The van der Waals surface area contributed by atoms with Crippen LogP contribution in [0, 0.1) is 5.92 Å². The highest BCUT2D eigenvalue weighted by Gasteiger charge is 2.41. The third kappa shape index (κ3) is 4.00. The molecule has 2 aliphatic heterocycles. The van der Waals surface area contributed by atoms with Crippen LogP contribution in [0.25, 0.3) is 0 Å². The molecule has 4 heterocycles. The van der Waals surface area contributed by atoms with E-state index >= 15 is 0 Å². The van der Waals surface area contributed by atoms with Gasteiger partial charge in [-0.2, -0.15) is 5.10 Å². The van der Waals surface area contributed by atoms with Gasteiger partial charge in [-0.05, 0) is 50.0 Å². The van der Waals surface area contributed by atoms with E-state index in [2.05, 4.69) is 52.1 Å². The highest BCUT2D eigenvalue weighted by atomic mass is 16.2. The van der Waals surface area contributed by atoms with E-state index in [0.717, 1.165) is 43.0 Å². The van der Waals surface area contributed by atoms with E-state index in [4.69, 9.17) is 0 Å². The number of carbonyl (C=O) groups is 1. The number of amides is 1. The van der Waals surface area contributed by atoms with Crippen molar-refractivity contribution in [1.29, 1.82) is 0 Å². The Hall–Kier alpha value is -2.44. The van der Waals surface area contributed by atoms with Gasteiger partial charge in [0.1, 0.15) is 17.8 Å². The van der Waals surface area contributed by atoms with E-state index in [1.165, 1.54) is 12.8 Å².